The Morgan fingerprint density at radius 3 is 2.74 bits per heavy atom. The van der Waals surface area contributed by atoms with Crippen molar-refractivity contribution in [3.63, 3.8) is 0 Å². The lowest BCUT2D eigenvalue weighted by atomic mass is 9.91. The summed E-state index contributed by atoms with van der Waals surface area (Å²) in [5, 5.41) is 2.69. The van der Waals surface area contributed by atoms with Crippen LogP contribution in [0.25, 0.3) is 0 Å². The number of anilines is 1. The number of carbonyl (C=O) groups is 1. The number of carbonyl (C=O) groups excluding carboxylic acids is 1. The molecule has 1 amide bonds. The maximum atomic E-state index is 13.9. The first-order valence-corrected chi connectivity index (χ1v) is 6.42. The van der Waals surface area contributed by atoms with Crippen molar-refractivity contribution in [2.75, 3.05) is 24.5 Å². The average molecular weight is 265 g/mol. The number of aromatic nitrogens is 1. The third-order valence-electron chi connectivity index (χ3n) is 3.91. The van der Waals surface area contributed by atoms with E-state index in [-0.39, 0.29) is 11.9 Å². The van der Waals surface area contributed by atoms with Crippen LogP contribution in [0.1, 0.15) is 18.4 Å². The monoisotopic (exact) mass is 265 g/mol. The number of aryl methyl sites for hydroxylation is 1. The fraction of sp³-hybridized carbons (Fsp3) is 0.538. The number of hydrogen-bond donors (Lipinski definition) is 1. The fourth-order valence-corrected chi connectivity index (χ4v) is 2.84. The molecule has 5 nitrogen and oxygen atoms in total. The van der Waals surface area contributed by atoms with Crippen LogP contribution >= 0.6 is 0 Å². The van der Waals surface area contributed by atoms with Crippen LogP contribution in [0.5, 0.6) is 0 Å². The maximum absolute atomic E-state index is 13.9. The molecule has 102 valence electrons. The Bertz CT molecular complexity index is 492. The third kappa shape index (κ3) is 2.11. The van der Waals surface area contributed by atoms with Crippen molar-refractivity contribution in [2.45, 2.75) is 25.4 Å². The van der Waals surface area contributed by atoms with Gasteiger partial charge in [0.15, 0.2) is 5.82 Å². The van der Waals surface area contributed by atoms with Gasteiger partial charge in [-0.15, -0.1) is 0 Å². The molecule has 1 spiro atoms. The smallest absolute Gasteiger partial charge is 0.407 e. The number of alkyl carbamates (subject to hydrolysis) is 1. The highest BCUT2D eigenvalue weighted by atomic mass is 19.1. The molecule has 6 heteroatoms. The van der Waals surface area contributed by atoms with E-state index in [0.29, 0.717) is 38.2 Å². The van der Waals surface area contributed by atoms with Crippen LogP contribution in [0, 0.1) is 12.7 Å². The first kappa shape index (κ1) is 12.2. The Balaban J connectivity index is 1.75. The second-order valence-corrected chi connectivity index (χ2v) is 5.20. The number of nitrogens with zero attached hydrogens (tertiary/aromatic N) is 2. The molecule has 0 bridgehead atoms. The summed E-state index contributed by atoms with van der Waals surface area (Å²) >= 11 is 0. The second-order valence-electron chi connectivity index (χ2n) is 5.20. The summed E-state index contributed by atoms with van der Waals surface area (Å²) in [5.74, 6) is -0.294. The van der Waals surface area contributed by atoms with Crippen molar-refractivity contribution >= 4 is 11.8 Å². The molecular formula is C13H16FN3O2. The predicted molar refractivity (Wildman–Crippen MR) is 67.6 cm³/mol. The van der Waals surface area contributed by atoms with Gasteiger partial charge in [-0.1, -0.05) is 0 Å². The minimum atomic E-state index is -0.398. The van der Waals surface area contributed by atoms with Crippen molar-refractivity contribution in [1.29, 1.82) is 0 Å². The fourth-order valence-electron chi connectivity index (χ4n) is 2.84. The summed E-state index contributed by atoms with van der Waals surface area (Å²) in [6, 6.07) is 0. The van der Waals surface area contributed by atoms with E-state index < -0.39 is 5.60 Å². The van der Waals surface area contributed by atoms with Gasteiger partial charge in [0.25, 0.3) is 0 Å². The summed E-state index contributed by atoms with van der Waals surface area (Å²) < 4.78 is 19.2. The summed E-state index contributed by atoms with van der Waals surface area (Å²) in [7, 11) is 0. The van der Waals surface area contributed by atoms with Crippen LogP contribution in [0.3, 0.4) is 0 Å². The molecule has 2 aliphatic heterocycles. The number of pyridine rings is 1. The van der Waals surface area contributed by atoms with Crippen LogP contribution < -0.4 is 10.2 Å². The molecule has 3 heterocycles. The van der Waals surface area contributed by atoms with E-state index in [4.69, 9.17) is 4.74 Å². The van der Waals surface area contributed by atoms with Gasteiger partial charge in [0, 0.05) is 32.1 Å². The van der Waals surface area contributed by atoms with Gasteiger partial charge in [-0.05, 0) is 12.5 Å². The zero-order valence-corrected chi connectivity index (χ0v) is 10.8. The van der Waals surface area contributed by atoms with E-state index in [0.717, 1.165) is 5.56 Å². The number of amides is 1. The second kappa shape index (κ2) is 4.36. The standard InChI is InChI=1S/C13H16FN3O2/c1-9-6-15-7-10(14)11(9)17-4-2-13(3-5-17)8-16-12(18)19-13/h6-7H,2-5,8H2,1H3,(H,16,18). The molecule has 3 rings (SSSR count). The van der Waals surface area contributed by atoms with Gasteiger partial charge in [-0.3, -0.25) is 4.98 Å². The zero-order chi connectivity index (χ0) is 13.5. The topological polar surface area (TPSA) is 54.5 Å². The predicted octanol–water partition coefficient (Wildman–Crippen LogP) is 1.61. The molecule has 1 aromatic rings. The third-order valence-corrected chi connectivity index (χ3v) is 3.91. The highest BCUT2D eigenvalue weighted by Gasteiger charge is 2.43. The molecular weight excluding hydrogens is 249 g/mol. The molecule has 2 aliphatic rings. The Morgan fingerprint density at radius 2 is 2.16 bits per heavy atom. The largest absolute Gasteiger partial charge is 0.441 e. The Hall–Kier alpha value is -1.85. The minimum Gasteiger partial charge on any atom is -0.441 e. The molecule has 0 radical (unpaired) electrons. The van der Waals surface area contributed by atoms with Crippen LogP contribution in [0.2, 0.25) is 0 Å². The van der Waals surface area contributed by atoms with Gasteiger partial charge in [-0.25, -0.2) is 9.18 Å². The van der Waals surface area contributed by atoms with Crippen LogP contribution in [-0.4, -0.2) is 36.3 Å². The lowest BCUT2D eigenvalue weighted by molar-refractivity contribution is 0.0365. The Kier molecular flexibility index (Phi) is 2.80. The molecule has 1 aromatic heterocycles. The van der Waals surface area contributed by atoms with Crippen molar-refractivity contribution in [3.8, 4) is 0 Å². The minimum absolute atomic E-state index is 0.294. The normalized spacial score (nSPS) is 21.4. The Morgan fingerprint density at radius 1 is 1.42 bits per heavy atom. The lowest BCUT2D eigenvalue weighted by Gasteiger charge is -2.38. The van der Waals surface area contributed by atoms with Crippen molar-refractivity contribution in [3.05, 3.63) is 23.8 Å². The SMILES string of the molecule is Cc1cncc(F)c1N1CCC2(CC1)CNC(=O)O2. The van der Waals surface area contributed by atoms with E-state index in [9.17, 15) is 9.18 Å². The van der Waals surface area contributed by atoms with Crippen molar-refractivity contribution < 1.29 is 13.9 Å². The van der Waals surface area contributed by atoms with Crippen LogP contribution in [0.4, 0.5) is 14.9 Å². The quantitative estimate of drug-likeness (QED) is 0.838. The number of piperidine rings is 1. The number of rotatable bonds is 1. The van der Waals surface area contributed by atoms with Gasteiger partial charge in [0.2, 0.25) is 0 Å². The molecule has 2 fully saturated rings. The molecule has 0 aromatic carbocycles. The zero-order valence-electron chi connectivity index (χ0n) is 10.8. The highest BCUT2D eigenvalue weighted by molar-refractivity contribution is 5.70. The maximum Gasteiger partial charge on any atom is 0.407 e. The first-order chi connectivity index (χ1) is 9.10. The van der Waals surface area contributed by atoms with E-state index in [1.807, 2.05) is 11.8 Å². The van der Waals surface area contributed by atoms with Gasteiger partial charge in [0.1, 0.15) is 5.60 Å². The first-order valence-electron chi connectivity index (χ1n) is 6.42. The Labute approximate surface area is 110 Å². The van der Waals surface area contributed by atoms with Gasteiger partial charge >= 0.3 is 6.09 Å². The number of hydrogen-bond acceptors (Lipinski definition) is 4. The molecule has 0 unspecified atom stereocenters. The summed E-state index contributed by atoms with van der Waals surface area (Å²) in [4.78, 5) is 17.0. The van der Waals surface area contributed by atoms with E-state index in [1.54, 1.807) is 6.20 Å². The molecule has 2 saturated heterocycles. The van der Waals surface area contributed by atoms with E-state index in [2.05, 4.69) is 10.3 Å². The van der Waals surface area contributed by atoms with Crippen LogP contribution in [-0.2, 0) is 4.74 Å². The number of ether oxygens (including phenoxy) is 1. The molecule has 1 N–H and O–H groups in total. The number of nitrogens with one attached hydrogen (secondary N) is 1. The van der Waals surface area contributed by atoms with E-state index >= 15 is 0 Å². The lowest BCUT2D eigenvalue weighted by Crippen LogP contribution is -2.47. The summed E-state index contributed by atoms with van der Waals surface area (Å²) in [5.41, 5.74) is 1.05. The van der Waals surface area contributed by atoms with E-state index in [1.165, 1.54) is 6.20 Å². The van der Waals surface area contributed by atoms with Gasteiger partial charge < -0.3 is 15.0 Å². The number of halogens is 1. The molecule has 0 atom stereocenters. The molecule has 0 aliphatic carbocycles. The molecule has 19 heavy (non-hydrogen) atoms. The van der Waals surface area contributed by atoms with Crippen LogP contribution in [0.15, 0.2) is 12.4 Å². The van der Waals surface area contributed by atoms with Crippen molar-refractivity contribution in [2.24, 2.45) is 0 Å². The molecule has 0 saturated carbocycles. The average Bonchev–Trinajstić information content (AvgIpc) is 2.73. The summed E-state index contributed by atoms with van der Waals surface area (Å²) in [6.07, 6.45) is 3.99. The van der Waals surface area contributed by atoms with Gasteiger partial charge in [0.05, 0.1) is 18.4 Å². The highest BCUT2D eigenvalue weighted by Crippen LogP contribution is 2.33. The summed E-state index contributed by atoms with van der Waals surface area (Å²) in [6.45, 7) is 3.76. The van der Waals surface area contributed by atoms with Crippen molar-refractivity contribution in [1.82, 2.24) is 10.3 Å². The van der Waals surface area contributed by atoms with Gasteiger partial charge in [-0.2, -0.15) is 0 Å².